The van der Waals surface area contributed by atoms with Crippen LogP contribution in [0.25, 0.3) is 0 Å². The molecule has 0 aromatic heterocycles. The first-order chi connectivity index (χ1) is 26.4. The summed E-state index contributed by atoms with van der Waals surface area (Å²) in [6.07, 6.45) is 5.08. The average Bonchev–Trinajstić information content (AvgIpc) is 3.45. The molecule has 0 aliphatic carbocycles. The molecule has 0 spiro atoms. The fourth-order valence-electron chi connectivity index (χ4n) is 6.27. The summed E-state index contributed by atoms with van der Waals surface area (Å²) in [5.74, 6) is -0.156. The van der Waals surface area contributed by atoms with E-state index in [9.17, 15) is 19.2 Å². The van der Waals surface area contributed by atoms with Gasteiger partial charge in [0.1, 0.15) is 23.3 Å². The number of carbonyl (C=O) groups is 4. The fourth-order valence-corrected chi connectivity index (χ4v) is 6.27. The van der Waals surface area contributed by atoms with E-state index in [4.69, 9.17) is 9.47 Å². The molecule has 4 amide bonds. The first kappa shape index (κ1) is 54.3. The summed E-state index contributed by atoms with van der Waals surface area (Å²) >= 11 is 0. The Kier molecular flexibility index (Phi) is 27.3. The molecular formula is C42H87N9O6. The summed E-state index contributed by atoms with van der Waals surface area (Å²) in [5, 5.41) is 8.95. The van der Waals surface area contributed by atoms with Crippen LogP contribution in [0.2, 0.25) is 0 Å². The van der Waals surface area contributed by atoms with Crippen LogP contribution in [-0.2, 0) is 19.1 Å². The molecule has 0 saturated carbocycles. The predicted molar refractivity (Wildman–Crippen MR) is 233 cm³/mol. The van der Waals surface area contributed by atoms with Gasteiger partial charge in [-0.25, -0.2) is 9.59 Å². The molecule has 3 atom stereocenters. The zero-order valence-corrected chi connectivity index (χ0v) is 39.1. The number of alkyl carbamates (subject to hydrolysis) is 2. The lowest BCUT2D eigenvalue weighted by atomic mass is 10.1. The van der Waals surface area contributed by atoms with Crippen LogP contribution < -0.4 is 16.0 Å². The van der Waals surface area contributed by atoms with Gasteiger partial charge < -0.3 is 54.8 Å². The Hall–Kier alpha value is -2.72. The zero-order chi connectivity index (χ0) is 43.8. The Bertz CT molecular complexity index is 1100. The molecule has 0 aromatic carbocycles. The number of likely N-dealkylation sites (tertiary alicyclic amines) is 1. The maximum Gasteiger partial charge on any atom is 0.408 e. The molecule has 0 aromatic rings. The van der Waals surface area contributed by atoms with E-state index < -0.39 is 35.5 Å². The highest BCUT2D eigenvalue weighted by molar-refractivity contribution is 5.92. The van der Waals surface area contributed by atoms with E-state index in [2.05, 4.69) is 70.7 Å². The minimum Gasteiger partial charge on any atom is -0.444 e. The summed E-state index contributed by atoms with van der Waals surface area (Å²) in [4.78, 5) is 65.0. The lowest BCUT2D eigenvalue weighted by molar-refractivity contribution is -0.145. The van der Waals surface area contributed by atoms with Crippen molar-refractivity contribution in [3.63, 3.8) is 0 Å². The van der Waals surface area contributed by atoms with Crippen molar-refractivity contribution in [2.24, 2.45) is 5.92 Å². The lowest BCUT2D eigenvalue weighted by Gasteiger charge is -2.33. The van der Waals surface area contributed by atoms with Gasteiger partial charge in [0.05, 0.1) is 0 Å². The molecule has 336 valence electrons. The fraction of sp³-hybridized carbons (Fsp3) is 0.905. The minimum atomic E-state index is -0.858. The summed E-state index contributed by atoms with van der Waals surface area (Å²) in [5.41, 5.74) is -1.32. The first-order valence-electron chi connectivity index (χ1n) is 21.3. The van der Waals surface area contributed by atoms with E-state index >= 15 is 0 Å². The van der Waals surface area contributed by atoms with Crippen molar-refractivity contribution < 1.29 is 28.7 Å². The van der Waals surface area contributed by atoms with Crippen molar-refractivity contribution in [1.82, 2.24) is 45.3 Å². The molecule has 0 unspecified atom stereocenters. The van der Waals surface area contributed by atoms with Gasteiger partial charge in [-0.05, 0) is 194 Å². The molecule has 0 radical (unpaired) electrons. The van der Waals surface area contributed by atoms with Crippen LogP contribution in [0.5, 0.6) is 0 Å². The Morgan fingerprint density at radius 2 is 1.09 bits per heavy atom. The van der Waals surface area contributed by atoms with Gasteiger partial charge in [0.25, 0.3) is 0 Å². The van der Waals surface area contributed by atoms with Crippen molar-refractivity contribution in [1.29, 1.82) is 0 Å². The van der Waals surface area contributed by atoms with Gasteiger partial charge in [0.2, 0.25) is 11.8 Å². The van der Waals surface area contributed by atoms with Crippen molar-refractivity contribution in [3.8, 4) is 0 Å². The Morgan fingerprint density at radius 1 is 0.632 bits per heavy atom. The molecule has 1 saturated heterocycles. The van der Waals surface area contributed by atoms with Crippen LogP contribution in [-0.4, -0.2) is 199 Å². The standard InChI is InChI=1S/C32H62N6O6.C10H25N3/c1-24-22-26(28(40)37(20-14-18-35(8)9)21-15-19-36(10)11)38(23-24)27(39)25(34-30(42)44-32(5,6)7)16-12-13-17-33-29(41)43-31(2,3)4;1-12(2)9-5-7-11-8-6-10-13(3)4/h24-26H,12-23H2,1-11H3,(H,33,41)(H,34,42);11H,5-10H2,1-4H3/t24-,25+,26-;/m0./s1. The van der Waals surface area contributed by atoms with Crippen molar-refractivity contribution in [2.45, 2.75) is 123 Å². The third kappa shape index (κ3) is 29.2. The van der Waals surface area contributed by atoms with E-state index in [0.717, 1.165) is 39.0 Å². The van der Waals surface area contributed by atoms with Gasteiger partial charge in [-0.3, -0.25) is 9.59 Å². The van der Waals surface area contributed by atoms with Gasteiger partial charge in [0.15, 0.2) is 0 Å². The van der Waals surface area contributed by atoms with Gasteiger partial charge in [-0.2, -0.15) is 0 Å². The van der Waals surface area contributed by atoms with Crippen molar-refractivity contribution in [2.75, 3.05) is 122 Å². The molecule has 0 bridgehead atoms. The number of ether oxygens (including phenoxy) is 2. The topological polar surface area (TPSA) is 142 Å². The number of unbranched alkanes of at least 4 members (excludes halogenated alkanes) is 1. The van der Waals surface area contributed by atoms with Gasteiger partial charge in [0, 0.05) is 26.2 Å². The molecule has 3 N–H and O–H groups in total. The first-order valence-corrected chi connectivity index (χ1v) is 21.3. The highest BCUT2D eigenvalue weighted by Gasteiger charge is 2.42. The molecule has 1 aliphatic rings. The quantitative estimate of drug-likeness (QED) is 0.122. The third-order valence-corrected chi connectivity index (χ3v) is 8.95. The van der Waals surface area contributed by atoms with Crippen LogP contribution in [0.15, 0.2) is 0 Å². The Labute approximate surface area is 348 Å². The zero-order valence-electron chi connectivity index (χ0n) is 39.1. The lowest BCUT2D eigenvalue weighted by Crippen LogP contribution is -2.55. The van der Waals surface area contributed by atoms with Gasteiger partial charge in [-0.1, -0.05) is 6.92 Å². The number of nitrogens with one attached hydrogen (secondary N) is 3. The summed E-state index contributed by atoms with van der Waals surface area (Å²) in [7, 11) is 16.5. The van der Waals surface area contributed by atoms with Gasteiger partial charge >= 0.3 is 12.2 Å². The van der Waals surface area contributed by atoms with Crippen LogP contribution >= 0.6 is 0 Å². The van der Waals surface area contributed by atoms with E-state index in [-0.39, 0.29) is 17.7 Å². The van der Waals surface area contributed by atoms with Crippen molar-refractivity contribution in [3.05, 3.63) is 0 Å². The molecule has 1 aliphatic heterocycles. The number of nitrogens with zero attached hydrogens (tertiary/aromatic N) is 6. The molecule has 1 rings (SSSR count). The number of hydrogen-bond acceptors (Lipinski definition) is 11. The van der Waals surface area contributed by atoms with Crippen LogP contribution in [0.4, 0.5) is 9.59 Å². The number of rotatable bonds is 24. The van der Waals surface area contributed by atoms with E-state index in [1.54, 1.807) is 46.4 Å². The van der Waals surface area contributed by atoms with Crippen LogP contribution in [0, 0.1) is 5.92 Å². The van der Waals surface area contributed by atoms with E-state index in [1.807, 2.05) is 33.1 Å². The maximum atomic E-state index is 14.0. The summed E-state index contributed by atoms with van der Waals surface area (Å²) in [6.45, 7) is 21.2. The van der Waals surface area contributed by atoms with Crippen molar-refractivity contribution >= 4 is 24.0 Å². The second-order valence-electron chi connectivity index (χ2n) is 18.7. The van der Waals surface area contributed by atoms with Gasteiger partial charge in [-0.15, -0.1) is 0 Å². The third-order valence-electron chi connectivity index (χ3n) is 8.95. The molecule has 15 nitrogen and oxygen atoms in total. The SMILES string of the molecule is CN(C)CCCNCCCN(C)C.C[C@H]1C[C@@H](C(=O)N(CCCN(C)C)CCCN(C)C)N(C(=O)[C@@H](CCCCNC(=O)OC(C)(C)C)NC(=O)OC(C)(C)C)C1. The largest absolute Gasteiger partial charge is 0.444 e. The molecular weight excluding hydrogens is 727 g/mol. The summed E-state index contributed by atoms with van der Waals surface area (Å²) in [6, 6.07) is -1.43. The molecule has 1 fully saturated rings. The number of carbonyl (C=O) groups excluding carboxylic acids is 4. The highest BCUT2D eigenvalue weighted by atomic mass is 16.6. The molecule has 57 heavy (non-hydrogen) atoms. The monoisotopic (exact) mass is 814 g/mol. The maximum absolute atomic E-state index is 14.0. The number of amides is 4. The Morgan fingerprint density at radius 3 is 1.54 bits per heavy atom. The molecule has 1 heterocycles. The summed E-state index contributed by atoms with van der Waals surface area (Å²) < 4.78 is 10.8. The van der Waals surface area contributed by atoms with Crippen LogP contribution in [0.3, 0.4) is 0 Å². The number of hydrogen-bond donors (Lipinski definition) is 3. The van der Waals surface area contributed by atoms with Crippen LogP contribution in [0.1, 0.15) is 99.8 Å². The normalized spacial score (nSPS) is 16.4. The predicted octanol–water partition coefficient (Wildman–Crippen LogP) is 4.02. The smallest absolute Gasteiger partial charge is 0.408 e. The highest BCUT2D eigenvalue weighted by Crippen LogP contribution is 2.26. The Balaban J connectivity index is 0.00000205. The molecule has 15 heteroatoms. The average molecular weight is 814 g/mol. The second kappa shape index (κ2) is 28.7. The van der Waals surface area contributed by atoms with E-state index in [1.165, 1.54) is 25.9 Å². The second-order valence-corrected chi connectivity index (χ2v) is 18.7. The minimum absolute atomic E-state index is 0.0298. The van der Waals surface area contributed by atoms with E-state index in [0.29, 0.717) is 51.9 Å².